The molecule has 0 amide bonds. The molecule has 2 aromatic carbocycles. The van der Waals surface area contributed by atoms with Crippen LogP contribution in [0.3, 0.4) is 0 Å². The van der Waals surface area contributed by atoms with E-state index in [1.165, 1.54) is 24.6 Å². The Bertz CT molecular complexity index is 1150. The standard InChI is InChI=1S/C22H20N2O4/c1-24-21(26)18-9-5-4-8-17(18)20(23-24)22(27)28-13-19(25)16-11-10-14-6-2-3-7-15(14)12-16/h4-5,8-12H,2-3,6-7,13H2,1H3. The molecule has 1 aromatic heterocycles. The fourth-order valence-electron chi connectivity index (χ4n) is 3.64. The van der Waals surface area contributed by atoms with Crippen molar-refractivity contribution >= 4 is 22.5 Å². The maximum atomic E-state index is 12.5. The van der Waals surface area contributed by atoms with Crippen LogP contribution in [-0.2, 0) is 24.6 Å². The van der Waals surface area contributed by atoms with E-state index in [2.05, 4.69) is 5.10 Å². The van der Waals surface area contributed by atoms with Crippen LogP contribution in [0.25, 0.3) is 10.8 Å². The number of ether oxygens (including phenoxy) is 1. The number of carbonyl (C=O) groups is 2. The van der Waals surface area contributed by atoms with Gasteiger partial charge in [-0.15, -0.1) is 0 Å². The minimum atomic E-state index is -0.724. The van der Waals surface area contributed by atoms with Gasteiger partial charge in [-0.3, -0.25) is 9.59 Å². The molecular weight excluding hydrogens is 356 g/mol. The van der Waals surface area contributed by atoms with Gasteiger partial charge in [-0.2, -0.15) is 5.10 Å². The Kier molecular flexibility index (Phi) is 4.77. The molecule has 1 aliphatic carbocycles. The number of hydrogen-bond acceptors (Lipinski definition) is 5. The van der Waals surface area contributed by atoms with Gasteiger partial charge in [0.15, 0.2) is 18.1 Å². The lowest BCUT2D eigenvalue weighted by atomic mass is 9.90. The van der Waals surface area contributed by atoms with Crippen LogP contribution < -0.4 is 5.56 Å². The van der Waals surface area contributed by atoms with Gasteiger partial charge >= 0.3 is 5.97 Å². The number of aryl methyl sites for hydroxylation is 3. The Morgan fingerprint density at radius 3 is 2.54 bits per heavy atom. The van der Waals surface area contributed by atoms with Crippen molar-refractivity contribution < 1.29 is 14.3 Å². The molecule has 0 unspecified atom stereocenters. The van der Waals surface area contributed by atoms with Gasteiger partial charge in [0.05, 0.1) is 5.39 Å². The summed E-state index contributed by atoms with van der Waals surface area (Å²) in [6.45, 7) is -0.365. The lowest BCUT2D eigenvalue weighted by Crippen LogP contribution is -2.24. The summed E-state index contributed by atoms with van der Waals surface area (Å²) in [5.74, 6) is -0.978. The highest BCUT2D eigenvalue weighted by atomic mass is 16.5. The van der Waals surface area contributed by atoms with Gasteiger partial charge in [0, 0.05) is 18.0 Å². The first-order valence-electron chi connectivity index (χ1n) is 9.33. The summed E-state index contributed by atoms with van der Waals surface area (Å²) in [6, 6.07) is 12.4. The minimum Gasteiger partial charge on any atom is -0.452 e. The van der Waals surface area contributed by atoms with Crippen LogP contribution in [-0.4, -0.2) is 28.1 Å². The first kappa shape index (κ1) is 18.1. The second-order valence-electron chi connectivity index (χ2n) is 7.01. The number of esters is 1. The number of ketones is 1. The number of rotatable bonds is 4. The summed E-state index contributed by atoms with van der Waals surface area (Å²) in [6.07, 6.45) is 4.33. The molecule has 1 aliphatic rings. The number of fused-ring (bicyclic) bond motifs is 2. The van der Waals surface area contributed by atoms with Gasteiger partial charge in [0.25, 0.3) is 5.56 Å². The monoisotopic (exact) mass is 376 g/mol. The quantitative estimate of drug-likeness (QED) is 0.517. The molecule has 6 nitrogen and oxygen atoms in total. The zero-order valence-electron chi connectivity index (χ0n) is 15.6. The number of Topliss-reactive ketones (excluding diaryl/α,β-unsaturated/α-hetero) is 1. The SMILES string of the molecule is Cn1nc(C(=O)OCC(=O)c2ccc3c(c2)CCCC3)c2ccccc2c1=O. The van der Waals surface area contributed by atoms with Crippen LogP contribution in [0.15, 0.2) is 47.3 Å². The van der Waals surface area contributed by atoms with Crippen molar-refractivity contribution in [3.63, 3.8) is 0 Å². The van der Waals surface area contributed by atoms with E-state index in [1.54, 1.807) is 30.3 Å². The van der Waals surface area contributed by atoms with E-state index in [9.17, 15) is 14.4 Å². The molecule has 0 saturated heterocycles. The van der Waals surface area contributed by atoms with Gasteiger partial charge in [-0.1, -0.05) is 30.3 Å². The number of hydrogen-bond donors (Lipinski definition) is 0. The summed E-state index contributed by atoms with van der Waals surface area (Å²) in [4.78, 5) is 37.2. The van der Waals surface area contributed by atoms with Crippen LogP contribution in [0.2, 0.25) is 0 Å². The number of aromatic nitrogens is 2. The molecule has 0 spiro atoms. The Morgan fingerprint density at radius 1 is 1.04 bits per heavy atom. The predicted molar refractivity (Wildman–Crippen MR) is 105 cm³/mol. The highest BCUT2D eigenvalue weighted by Gasteiger charge is 2.19. The normalized spacial score (nSPS) is 13.2. The Balaban J connectivity index is 1.54. The van der Waals surface area contributed by atoms with Gasteiger partial charge in [0.1, 0.15) is 0 Å². The van der Waals surface area contributed by atoms with Gasteiger partial charge in [0.2, 0.25) is 0 Å². The van der Waals surface area contributed by atoms with E-state index in [0.29, 0.717) is 16.3 Å². The molecule has 0 bridgehead atoms. The molecule has 0 atom stereocenters. The molecule has 6 heteroatoms. The predicted octanol–water partition coefficient (Wildman–Crippen LogP) is 2.85. The Morgan fingerprint density at radius 2 is 1.75 bits per heavy atom. The molecule has 1 heterocycles. The van der Waals surface area contributed by atoms with Crippen molar-refractivity contribution in [2.45, 2.75) is 25.7 Å². The van der Waals surface area contributed by atoms with Crippen molar-refractivity contribution in [1.29, 1.82) is 0 Å². The molecule has 0 saturated carbocycles. The summed E-state index contributed by atoms with van der Waals surface area (Å²) in [7, 11) is 1.48. The topological polar surface area (TPSA) is 78.3 Å². The summed E-state index contributed by atoms with van der Waals surface area (Å²) in [5, 5.41) is 4.82. The highest BCUT2D eigenvalue weighted by molar-refractivity contribution is 6.04. The Hall–Kier alpha value is -3.28. The molecular formula is C22H20N2O4. The van der Waals surface area contributed by atoms with Crippen molar-refractivity contribution in [3.05, 3.63) is 75.2 Å². The number of benzene rings is 2. The molecule has 142 valence electrons. The van der Waals surface area contributed by atoms with Crippen molar-refractivity contribution in [2.75, 3.05) is 6.61 Å². The lowest BCUT2D eigenvalue weighted by molar-refractivity contribution is 0.0469. The van der Waals surface area contributed by atoms with Crippen molar-refractivity contribution in [2.24, 2.45) is 7.05 Å². The molecule has 0 N–H and O–H groups in total. The van der Waals surface area contributed by atoms with Crippen LogP contribution in [0, 0.1) is 0 Å². The maximum Gasteiger partial charge on any atom is 0.359 e. The number of carbonyl (C=O) groups excluding carboxylic acids is 2. The van der Waals surface area contributed by atoms with Crippen molar-refractivity contribution in [3.8, 4) is 0 Å². The smallest absolute Gasteiger partial charge is 0.359 e. The van der Waals surface area contributed by atoms with Crippen LogP contribution in [0.5, 0.6) is 0 Å². The summed E-state index contributed by atoms with van der Waals surface area (Å²) < 4.78 is 6.33. The van der Waals surface area contributed by atoms with E-state index < -0.39 is 5.97 Å². The maximum absolute atomic E-state index is 12.5. The fourth-order valence-corrected chi connectivity index (χ4v) is 3.64. The first-order valence-corrected chi connectivity index (χ1v) is 9.33. The zero-order valence-corrected chi connectivity index (χ0v) is 15.6. The van der Waals surface area contributed by atoms with E-state index in [4.69, 9.17) is 4.74 Å². The van der Waals surface area contributed by atoms with E-state index in [0.717, 1.165) is 23.9 Å². The summed E-state index contributed by atoms with van der Waals surface area (Å²) >= 11 is 0. The lowest BCUT2D eigenvalue weighted by Gasteiger charge is -2.16. The fraction of sp³-hybridized carbons (Fsp3) is 0.273. The third kappa shape index (κ3) is 3.33. The van der Waals surface area contributed by atoms with Crippen LogP contribution in [0.4, 0.5) is 0 Å². The molecule has 0 radical (unpaired) electrons. The van der Waals surface area contributed by atoms with Gasteiger partial charge in [-0.25, -0.2) is 9.48 Å². The highest BCUT2D eigenvalue weighted by Crippen LogP contribution is 2.22. The van der Waals surface area contributed by atoms with Crippen molar-refractivity contribution in [1.82, 2.24) is 9.78 Å². The zero-order chi connectivity index (χ0) is 19.7. The number of nitrogens with zero attached hydrogens (tertiary/aromatic N) is 2. The van der Waals surface area contributed by atoms with Gasteiger partial charge < -0.3 is 4.74 Å². The molecule has 4 rings (SSSR count). The third-order valence-corrected chi connectivity index (χ3v) is 5.15. The van der Waals surface area contributed by atoms with E-state index in [1.807, 2.05) is 12.1 Å². The minimum absolute atomic E-state index is 0.0240. The largest absolute Gasteiger partial charge is 0.452 e. The second kappa shape index (κ2) is 7.38. The van der Waals surface area contributed by atoms with E-state index >= 15 is 0 Å². The van der Waals surface area contributed by atoms with Gasteiger partial charge in [-0.05, 0) is 48.9 Å². The van der Waals surface area contributed by atoms with Crippen LogP contribution >= 0.6 is 0 Å². The second-order valence-corrected chi connectivity index (χ2v) is 7.01. The van der Waals surface area contributed by atoms with Crippen LogP contribution in [0.1, 0.15) is 44.8 Å². The third-order valence-electron chi connectivity index (χ3n) is 5.15. The average molecular weight is 376 g/mol. The molecule has 0 aliphatic heterocycles. The summed E-state index contributed by atoms with van der Waals surface area (Å²) in [5.41, 5.74) is 2.77. The molecule has 28 heavy (non-hydrogen) atoms. The Labute approximate surface area is 161 Å². The first-order chi connectivity index (χ1) is 13.5. The molecule has 0 fully saturated rings. The average Bonchev–Trinajstić information content (AvgIpc) is 2.74. The van der Waals surface area contributed by atoms with E-state index in [-0.39, 0.29) is 23.6 Å². The molecule has 3 aromatic rings.